The molecule has 0 N–H and O–H groups in total. The van der Waals surface area contributed by atoms with E-state index >= 15 is 0 Å². The van der Waals surface area contributed by atoms with E-state index in [0.717, 1.165) is 6.42 Å². The van der Waals surface area contributed by atoms with Crippen molar-refractivity contribution in [3.05, 3.63) is 0 Å². The van der Waals surface area contributed by atoms with E-state index in [1.165, 1.54) is 10.8 Å². The van der Waals surface area contributed by atoms with Crippen molar-refractivity contribution in [1.82, 2.24) is 0 Å². The van der Waals surface area contributed by atoms with Gasteiger partial charge in [0.2, 0.25) is 6.49 Å². The fourth-order valence-electron chi connectivity index (χ4n) is 0.919. The molecule has 80 valence electrons. The van der Waals surface area contributed by atoms with E-state index in [-0.39, 0.29) is 4.99 Å². The van der Waals surface area contributed by atoms with Gasteiger partial charge in [0.15, 0.2) is 0 Å². The van der Waals surface area contributed by atoms with Gasteiger partial charge in [-0.05, 0) is 32.1 Å². The van der Waals surface area contributed by atoms with E-state index in [2.05, 4.69) is 18.6 Å². The summed E-state index contributed by atoms with van der Waals surface area (Å²) in [6.07, 6.45) is 0.936. The topological polar surface area (TPSA) is 18.5 Å². The molecule has 0 heterocycles. The molecule has 1 unspecified atom stereocenters. The van der Waals surface area contributed by atoms with Crippen LogP contribution in [0.2, 0.25) is 0 Å². The zero-order chi connectivity index (χ0) is 10.3. The Hall–Kier alpha value is 1.27. The zero-order valence-electron chi connectivity index (χ0n) is 8.23. The lowest BCUT2D eigenvalue weighted by atomic mass is 10.6. The van der Waals surface area contributed by atoms with Crippen molar-refractivity contribution in [2.24, 2.45) is 0 Å². The number of hydrogen-bond donors (Lipinski definition) is 1. The van der Waals surface area contributed by atoms with Crippen molar-refractivity contribution in [1.29, 1.82) is 0 Å². The summed E-state index contributed by atoms with van der Waals surface area (Å²) in [7, 11) is 1.45. The van der Waals surface area contributed by atoms with Crippen LogP contribution in [-0.2, 0) is 20.9 Å². The van der Waals surface area contributed by atoms with Gasteiger partial charge in [-0.2, -0.15) is 0 Å². The SMILES string of the molecule is CCOP(=S)(OCC)C(CC)SS. The number of thiol groups is 1. The monoisotopic (exact) mass is 260 g/mol. The smallest absolute Gasteiger partial charge is 0.202 e. The van der Waals surface area contributed by atoms with Crippen molar-refractivity contribution >= 4 is 40.8 Å². The third-order valence-corrected chi connectivity index (χ3v) is 8.53. The van der Waals surface area contributed by atoms with Crippen LogP contribution >= 0.6 is 28.9 Å². The highest BCUT2D eigenvalue weighted by Crippen LogP contribution is 2.59. The Bertz CT molecular complexity index is 163. The highest BCUT2D eigenvalue weighted by molar-refractivity contribution is 8.70. The first kappa shape index (κ1) is 14.3. The molecule has 1 atom stereocenters. The van der Waals surface area contributed by atoms with E-state index < -0.39 is 6.49 Å². The Morgan fingerprint density at radius 3 is 2.00 bits per heavy atom. The normalized spacial score (nSPS) is 14.5. The number of hydrogen-bond acceptors (Lipinski definition) is 5. The van der Waals surface area contributed by atoms with Crippen molar-refractivity contribution in [3.8, 4) is 0 Å². The highest BCUT2D eigenvalue weighted by Gasteiger charge is 2.28. The molecule has 0 aliphatic carbocycles. The van der Waals surface area contributed by atoms with Gasteiger partial charge in [0, 0.05) is 0 Å². The zero-order valence-corrected chi connectivity index (χ0v) is 11.6. The molecule has 0 saturated heterocycles. The van der Waals surface area contributed by atoms with Crippen molar-refractivity contribution < 1.29 is 9.05 Å². The molecule has 0 fully saturated rings. The minimum absolute atomic E-state index is 0.200. The molecule has 13 heavy (non-hydrogen) atoms. The van der Waals surface area contributed by atoms with E-state index in [1.54, 1.807) is 0 Å². The first-order chi connectivity index (χ1) is 6.14. The van der Waals surface area contributed by atoms with Crippen LogP contribution in [0.15, 0.2) is 0 Å². The van der Waals surface area contributed by atoms with Gasteiger partial charge < -0.3 is 9.05 Å². The molecule has 6 heteroatoms. The molecule has 0 amide bonds. The van der Waals surface area contributed by atoms with Crippen molar-refractivity contribution in [2.75, 3.05) is 13.2 Å². The third kappa shape index (κ3) is 4.54. The Kier molecular flexibility index (Phi) is 8.28. The first-order valence-corrected chi connectivity index (χ1v) is 8.97. The minimum Gasteiger partial charge on any atom is -0.329 e. The molecule has 0 aromatic rings. The van der Waals surface area contributed by atoms with Gasteiger partial charge in [0.25, 0.3) is 0 Å². The second-order valence-corrected chi connectivity index (χ2v) is 7.85. The van der Waals surface area contributed by atoms with E-state index in [0.29, 0.717) is 13.2 Å². The fourth-order valence-corrected chi connectivity index (χ4v) is 7.07. The molecule has 0 rings (SSSR count). The van der Waals surface area contributed by atoms with Gasteiger partial charge in [0.1, 0.15) is 0 Å². The second-order valence-electron chi connectivity index (χ2n) is 2.34. The van der Waals surface area contributed by atoms with Gasteiger partial charge in [0.05, 0.1) is 18.2 Å². The summed E-state index contributed by atoms with van der Waals surface area (Å²) in [4.78, 5) is 0.200. The molecule has 0 bridgehead atoms. The van der Waals surface area contributed by atoms with E-state index in [9.17, 15) is 0 Å². The summed E-state index contributed by atoms with van der Waals surface area (Å²) < 4.78 is 11.1. The Morgan fingerprint density at radius 2 is 1.77 bits per heavy atom. The standard InChI is InChI=1S/C7H17O2PS3/c1-4-7(13-12)10(11,8-5-2)9-6-3/h7,12H,4-6H2,1-3H3. The lowest BCUT2D eigenvalue weighted by Gasteiger charge is -2.27. The van der Waals surface area contributed by atoms with Crippen LogP contribution in [0.25, 0.3) is 0 Å². The van der Waals surface area contributed by atoms with Gasteiger partial charge >= 0.3 is 0 Å². The molecule has 0 aliphatic rings. The van der Waals surface area contributed by atoms with Gasteiger partial charge in [-0.15, -0.1) is 11.7 Å². The largest absolute Gasteiger partial charge is 0.329 e. The summed E-state index contributed by atoms with van der Waals surface area (Å²) in [5.74, 6) is 0. The van der Waals surface area contributed by atoms with Crippen molar-refractivity contribution in [2.45, 2.75) is 32.2 Å². The molecule has 0 aromatic carbocycles. The quantitative estimate of drug-likeness (QED) is 0.427. The second kappa shape index (κ2) is 7.55. The Balaban J connectivity index is 4.44. The summed E-state index contributed by atoms with van der Waals surface area (Å²) in [5.41, 5.74) is 0. The van der Waals surface area contributed by atoms with Gasteiger partial charge in [-0.25, -0.2) is 0 Å². The summed E-state index contributed by atoms with van der Waals surface area (Å²) in [6, 6.07) is 0. The lowest BCUT2D eigenvalue weighted by Crippen LogP contribution is -2.07. The third-order valence-electron chi connectivity index (χ3n) is 1.44. The molecule has 0 spiro atoms. The molecule has 0 saturated carbocycles. The maximum absolute atomic E-state index is 5.55. The average molecular weight is 260 g/mol. The Morgan fingerprint density at radius 1 is 1.31 bits per heavy atom. The van der Waals surface area contributed by atoms with Crippen LogP contribution in [0, 0.1) is 0 Å². The molecular formula is C7H17O2PS3. The summed E-state index contributed by atoms with van der Waals surface area (Å²) in [6.45, 7) is 5.07. The molecule has 0 radical (unpaired) electrons. The van der Waals surface area contributed by atoms with E-state index in [4.69, 9.17) is 20.9 Å². The van der Waals surface area contributed by atoms with E-state index in [1.807, 2.05) is 13.8 Å². The van der Waals surface area contributed by atoms with Gasteiger partial charge in [-0.1, -0.05) is 17.7 Å². The average Bonchev–Trinajstić information content (AvgIpc) is 2.07. The van der Waals surface area contributed by atoms with Crippen LogP contribution in [0.3, 0.4) is 0 Å². The fraction of sp³-hybridized carbons (Fsp3) is 1.00. The maximum atomic E-state index is 5.55. The van der Waals surface area contributed by atoms with Crippen LogP contribution in [0.4, 0.5) is 0 Å². The van der Waals surface area contributed by atoms with Crippen LogP contribution in [0.1, 0.15) is 27.2 Å². The molecular weight excluding hydrogens is 243 g/mol. The Labute approximate surface area is 95.1 Å². The lowest BCUT2D eigenvalue weighted by molar-refractivity contribution is 0.264. The van der Waals surface area contributed by atoms with Crippen LogP contribution in [0.5, 0.6) is 0 Å². The minimum atomic E-state index is -2.11. The highest BCUT2D eigenvalue weighted by atomic mass is 33.1. The first-order valence-electron chi connectivity index (χ1n) is 4.33. The predicted molar refractivity (Wildman–Crippen MR) is 68.2 cm³/mol. The summed E-state index contributed by atoms with van der Waals surface area (Å²) >= 11 is 9.61. The predicted octanol–water partition coefficient (Wildman–Crippen LogP) is 3.68. The van der Waals surface area contributed by atoms with Crippen LogP contribution in [-0.4, -0.2) is 18.2 Å². The number of rotatable bonds is 7. The van der Waals surface area contributed by atoms with Gasteiger partial charge in [-0.3, -0.25) is 0 Å². The molecule has 2 nitrogen and oxygen atoms in total. The van der Waals surface area contributed by atoms with Crippen molar-refractivity contribution in [3.63, 3.8) is 0 Å². The molecule has 0 aliphatic heterocycles. The van der Waals surface area contributed by atoms with Crippen LogP contribution < -0.4 is 0 Å². The maximum Gasteiger partial charge on any atom is 0.202 e. The summed E-state index contributed by atoms with van der Waals surface area (Å²) in [5, 5.41) is 0. The molecule has 0 aromatic heterocycles.